The molecule has 1 aromatic heterocycles. The fourth-order valence-electron chi connectivity index (χ4n) is 4.81. The maximum atomic E-state index is 13.1. The third-order valence-electron chi connectivity index (χ3n) is 6.70. The van der Waals surface area contributed by atoms with Gasteiger partial charge in [-0.25, -0.2) is 9.18 Å². The van der Waals surface area contributed by atoms with Gasteiger partial charge >= 0.3 is 5.69 Å². The number of H-pyrrole nitrogens is 1. The lowest BCUT2D eigenvalue weighted by Gasteiger charge is -2.20. The average molecular weight is 478 g/mol. The van der Waals surface area contributed by atoms with E-state index in [1.54, 1.807) is 17.0 Å². The van der Waals surface area contributed by atoms with Crippen molar-refractivity contribution in [3.8, 4) is 0 Å². The molecule has 2 aliphatic rings. The van der Waals surface area contributed by atoms with Crippen LogP contribution in [0.2, 0.25) is 0 Å². The minimum atomic E-state index is -0.503. The van der Waals surface area contributed by atoms with Crippen LogP contribution < -0.4 is 21.5 Å². The highest BCUT2D eigenvalue weighted by Gasteiger charge is 2.24. The van der Waals surface area contributed by atoms with Gasteiger partial charge in [-0.3, -0.25) is 19.1 Å². The van der Waals surface area contributed by atoms with Gasteiger partial charge < -0.3 is 15.1 Å². The molecular weight excluding hydrogens is 449 g/mol. The first-order valence-electron chi connectivity index (χ1n) is 12.0. The zero-order valence-electron chi connectivity index (χ0n) is 19.4. The summed E-state index contributed by atoms with van der Waals surface area (Å²) < 4.78 is 14.3. The molecule has 1 aliphatic heterocycles. The van der Waals surface area contributed by atoms with Crippen molar-refractivity contribution in [1.82, 2.24) is 14.5 Å². The van der Waals surface area contributed by atoms with E-state index >= 15 is 0 Å². The number of rotatable bonds is 7. The van der Waals surface area contributed by atoms with E-state index in [0.717, 1.165) is 35.2 Å². The first-order chi connectivity index (χ1) is 17.0. The van der Waals surface area contributed by atoms with Gasteiger partial charge in [-0.1, -0.05) is 6.07 Å². The van der Waals surface area contributed by atoms with Crippen molar-refractivity contribution in [3.63, 3.8) is 0 Å². The van der Waals surface area contributed by atoms with Gasteiger partial charge in [0.25, 0.3) is 5.56 Å². The van der Waals surface area contributed by atoms with Gasteiger partial charge in [0.05, 0.1) is 6.67 Å². The Bertz CT molecular complexity index is 1320. The highest BCUT2D eigenvalue weighted by atomic mass is 19.1. The minimum absolute atomic E-state index is 0.0333. The number of benzene rings is 2. The molecule has 0 saturated carbocycles. The number of aryl methyl sites for hydroxylation is 2. The zero-order chi connectivity index (χ0) is 24.4. The number of aromatic nitrogens is 2. The van der Waals surface area contributed by atoms with Crippen LogP contribution in [-0.2, 0) is 24.2 Å². The van der Waals surface area contributed by atoms with Crippen molar-refractivity contribution < 1.29 is 9.18 Å². The van der Waals surface area contributed by atoms with E-state index in [2.05, 4.69) is 22.4 Å². The Morgan fingerprint density at radius 3 is 2.60 bits per heavy atom. The molecule has 0 spiro atoms. The normalized spacial score (nSPS) is 14.9. The summed E-state index contributed by atoms with van der Waals surface area (Å²) in [6, 6.07) is 13.7. The van der Waals surface area contributed by atoms with Crippen LogP contribution in [0.15, 0.2) is 58.1 Å². The summed E-state index contributed by atoms with van der Waals surface area (Å²) in [5.74, 6) is 0.0235. The topological polar surface area (TPSA) is 90.4 Å². The Balaban J connectivity index is 1.15. The molecule has 2 N–H and O–H groups in total. The first kappa shape index (κ1) is 22.9. The first-order valence-corrected chi connectivity index (χ1v) is 12.0. The molecule has 2 heterocycles. The minimum Gasteiger partial charge on any atom is -0.352 e. The summed E-state index contributed by atoms with van der Waals surface area (Å²) in [4.78, 5) is 44.2. The third-order valence-corrected chi connectivity index (χ3v) is 6.70. The lowest BCUT2D eigenvalue weighted by atomic mass is 10.1. The number of carbonyl (C=O) groups is 1. The number of halogens is 1. The smallest absolute Gasteiger partial charge is 0.329 e. The van der Waals surface area contributed by atoms with Gasteiger partial charge in [-0.15, -0.1) is 0 Å². The van der Waals surface area contributed by atoms with Crippen LogP contribution in [-0.4, -0.2) is 40.1 Å². The maximum Gasteiger partial charge on any atom is 0.329 e. The van der Waals surface area contributed by atoms with E-state index in [0.29, 0.717) is 32.0 Å². The monoisotopic (exact) mass is 477 g/mol. The van der Waals surface area contributed by atoms with Gasteiger partial charge in [0.2, 0.25) is 5.91 Å². The second kappa shape index (κ2) is 9.77. The molecule has 0 bridgehead atoms. The number of aromatic amines is 1. The molecule has 8 nitrogen and oxygen atoms in total. The second-order valence-corrected chi connectivity index (χ2v) is 9.08. The number of nitrogens with zero attached hydrogens (tertiary/aromatic N) is 3. The fourth-order valence-corrected chi connectivity index (χ4v) is 4.81. The SMILES string of the molecule is O=C(CCCn1c(=O)cc(Nc2ccc3c(c2)CCC3)[nH]c1=O)N1CCN(c2ccc(F)cc2)C1. The average Bonchev–Trinajstić information content (AvgIpc) is 3.51. The Labute approximate surface area is 202 Å². The van der Waals surface area contributed by atoms with Crippen LogP contribution in [0.3, 0.4) is 0 Å². The molecule has 3 aromatic rings. The van der Waals surface area contributed by atoms with E-state index < -0.39 is 11.2 Å². The number of amides is 1. The van der Waals surface area contributed by atoms with Gasteiger partial charge in [-0.05, 0) is 73.2 Å². The maximum absolute atomic E-state index is 13.1. The molecule has 0 atom stereocenters. The van der Waals surface area contributed by atoms with Crippen molar-refractivity contribution in [2.45, 2.75) is 38.6 Å². The molecule has 35 heavy (non-hydrogen) atoms. The van der Waals surface area contributed by atoms with Gasteiger partial charge in [0, 0.05) is 43.5 Å². The lowest BCUT2D eigenvalue weighted by Crippen LogP contribution is -2.36. The van der Waals surface area contributed by atoms with Gasteiger partial charge in [-0.2, -0.15) is 0 Å². The third kappa shape index (κ3) is 5.13. The molecule has 2 aromatic carbocycles. The Kier molecular flexibility index (Phi) is 6.39. The molecule has 1 amide bonds. The summed E-state index contributed by atoms with van der Waals surface area (Å²) in [6.45, 7) is 1.86. The fraction of sp³-hybridized carbons (Fsp3) is 0.346. The molecular formula is C26H28FN5O3. The molecule has 9 heteroatoms. The highest BCUT2D eigenvalue weighted by molar-refractivity contribution is 5.77. The molecule has 0 radical (unpaired) electrons. The predicted octanol–water partition coefficient (Wildman–Crippen LogP) is 2.99. The molecule has 1 saturated heterocycles. The van der Waals surface area contributed by atoms with Crippen LogP contribution in [0.1, 0.15) is 30.4 Å². The number of anilines is 3. The van der Waals surface area contributed by atoms with E-state index in [-0.39, 0.29) is 24.7 Å². The van der Waals surface area contributed by atoms with Crippen LogP contribution in [0.4, 0.5) is 21.6 Å². The van der Waals surface area contributed by atoms with E-state index in [4.69, 9.17) is 0 Å². The standard InChI is InChI=1S/C26H28FN5O3/c27-20-7-10-22(11-8-20)30-13-14-31(17-30)24(33)5-2-12-32-25(34)16-23(29-26(32)35)28-21-9-6-18-3-1-4-19(18)15-21/h6-11,15-16,28H,1-5,12-14,17H2,(H,29,35). The van der Waals surface area contributed by atoms with Gasteiger partial charge in [0.15, 0.2) is 0 Å². The van der Waals surface area contributed by atoms with Crippen molar-refractivity contribution in [3.05, 3.63) is 86.3 Å². The number of fused-ring (bicyclic) bond motifs is 1. The number of carbonyl (C=O) groups excluding carboxylic acids is 1. The van der Waals surface area contributed by atoms with Crippen molar-refractivity contribution in [2.75, 3.05) is 30.0 Å². The summed E-state index contributed by atoms with van der Waals surface area (Å²) in [5, 5.41) is 3.12. The second-order valence-electron chi connectivity index (χ2n) is 9.08. The van der Waals surface area contributed by atoms with E-state index in [1.165, 1.54) is 29.3 Å². The van der Waals surface area contributed by atoms with Crippen molar-refractivity contribution >= 4 is 23.1 Å². The molecule has 5 rings (SSSR count). The lowest BCUT2D eigenvalue weighted by molar-refractivity contribution is -0.130. The van der Waals surface area contributed by atoms with E-state index in [9.17, 15) is 18.8 Å². The number of nitrogens with one attached hydrogen (secondary N) is 2. The van der Waals surface area contributed by atoms with Crippen LogP contribution in [0, 0.1) is 5.82 Å². The van der Waals surface area contributed by atoms with Crippen LogP contribution in [0.5, 0.6) is 0 Å². The van der Waals surface area contributed by atoms with Crippen molar-refractivity contribution in [2.24, 2.45) is 0 Å². The summed E-state index contributed by atoms with van der Waals surface area (Å²) in [5.41, 5.74) is 3.45. The Morgan fingerprint density at radius 2 is 1.80 bits per heavy atom. The van der Waals surface area contributed by atoms with Gasteiger partial charge in [0.1, 0.15) is 11.6 Å². The molecule has 1 aliphatic carbocycles. The Morgan fingerprint density at radius 1 is 1.00 bits per heavy atom. The predicted molar refractivity (Wildman–Crippen MR) is 133 cm³/mol. The summed E-state index contributed by atoms with van der Waals surface area (Å²) in [6.07, 6.45) is 3.90. The van der Waals surface area contributed by atoms with Crippen molar-refractivity contribution in [1.29, 1.82) is 0 Å². The highest BCUT2D eigenvalue weighted by Crippen LogP contribution is 2.26. The van der Waals surface area contributed by atoms with Crippen LogP contribution >= 0.6 is 0 Å². The van der Waals surface area contributed by atoms with Crippen LogP contribution in [0.25, 0.3) is 0 Å². The summed E-state index contributed by atoms with van der Waals surface area (Å²) >= 11 is 0. The quantitative estimate of drug-likeness (QED) is 0.546. The number of hydrogen-bond donors (Lipinski definition) is 2. The molecule has 0 unspecified atom stereocenters. The molecule has 1 fully saturated rings. The summed E-state index contributed by atoms with van der Waals surface area (Å²) in [7, 11) is 0. The molecule has 182 valence electrons. The zero-order valence-corrected chi connectivity index (χ0v) is 19.4. The number of hydrogen-bond acceptors (Lipinski definition) is 5. The largest absolute Gasteiger partial charge is 0.352 e. The van der Waals surface area contributed by atoms with E-state index in [1.807, 2.05) is 11.0 Å². The Hall–Kier alpha value is -3.88.